The second-order valence-electron chi connectivity index (χ2n) is 4.87. The van der Waals surface area contributed by atoms with E-state index in [4.69, 9.17) is 17.0 Å². The molecule has 1 aliphatic heterocycles. The summed E-state index contributed by atoms with van der Waals surface area (Å²) in [5, 5.41) is 0. The highest BCUT2D eigenvalue weighted by atomic mass is 79.9. The molecule has 22 heavy (non-hydrogen) atoms. The van der Waals surface area contributed by atoms with Gasteiger partial charge in [0, 0.05) is 6.54 Å². The number of hydrogen-bond acceptors (Lipinski definition) is 4. The van der Waals surface area contributed by atoms with Crippen LogP contribution in [0.5, 0.6) is 5.75 Å². The average Bonchev–Trinajstić information content (AvgIpc) is 2.74. The van der Waals surface area contributed by atoms with Gasteiger partial charge in [-0.3, -0.25) is 9.69 Å². The Morgan fingerprint density at radius 3 is 2.77 bits per heavy atom. The van der Waals surface area contributed by atoms with Gasteiger partial charge >= 0.3 is 0 Å². The number of thioether (sulfide) groups is 1. The predicted octanol–water partition coefficient (Wildman–Crippen LogP) is 4.85. The largest absolute Gasteiger partial charge is 0.492 e. The first-order chi connectivity index (χ1) is 10.6. The third-order valence-corrected chi connectivity index (χ3v) is 5.03. The highest BCUT2D eigenvalue weighted by molar-refractivity contribution is 9.10. The molecule has 0 aromatic heterocycles. The minimum absolute atomic E-state index is 0.000665. The predicted molar refractivity (Wildman–Crippen MR) is 100 cm³/mol. The maximum atomic E-state index is 12.3. The van der Waals surface area contributed by atoms with Crippen molar-refractivity contribution in [3.63, 3.8) is 0 Å². The lowest BCUT2D eigenvalue weighted by molar-refractivity contribution is -0.122. The summed E-state index contributed by atoms with van der Waals surface area (Å²) in [6.45, 7) is 5.47. The summed E-state index contributed by atoms with van der Waals surface area (Å²) in [6, 6.07) is 5.82. The van der Waals surface area contributed by atoms with Crippen LogP contribution in [0.15, 0.2) is 27.6 Å². The van der Waals surface area contributed by atoms with Gasteiger partial charge in [-0.25, -0.2) is 0 Å². The van der Waals surface area contributed by atoms with E-state index in [1.54, 1.807) is 4.90 Å². The zero-order valence-electron chi connectivity index (χ0n) is 12.6. The molecule has 0 aliphatic carbocycles. The SMILES string of the molecule is CCCOc1ccc(/C=C2/SC(=S)N(CCC)C2=O)cc1Br. The monoisotopic (exact) mass is 399 g/mol. The van der Waals surface area contributed by atoms with Crippen molar-refractivity contribution in [2.75, 3.05) is 13.2 Å². The van der Waals surface area contributed by atoms with Gasteiger partial charge in [0.05, 0.1) is 16.0 Å². The summed E-state index contributed by atoms with van der Waals surface area (Å²) in [5.74, 6) is 0.816. The fraction of sp³-hybridized carbons (Fsp3) is 0.375. The van der Waals surface area contributed by atoms with Gasteiger partial charge in [-0.05, 0) is 52.5 Å². The van der Waals surface area contributed by atoms with E-state index in [1.165, 1.54) is 11.8 Å². The van der Waals surface area contributed by atoms with E-state index in [0.29, 0.717) is 22.4 Å². The van der Waals surface area contributed by atoms with Crippen molar-refractivity contribution in [1.29, 1.82) is 0 Å². The van der Waals surface area contributed by atoms with Gasteiger partial charge in [-0.15, -0.1) is 0 Å². The van der Waals surface area contributed by atoms with Crippen LogP contribution < -0.4 is 4.74 Å². The number of benzene rings is 1. The third kappa shape index (κ3) is 4.12. The Morgan fingerprint density at radius 2 is 2.14 bits per heavy atom. The second kappa shape index (κ2) is 8.13. The molecule has 0 atom stereocenters. The molecule has 6 heteroatoms. The molecule has 1 aromatic rings. The molecule has 1 saturated heterocycles. The van der Waals surface area contributed by atoms with E-state index in [0.717, 1.165) is 28.6 Å². The number of hydrogen-bond donors (Lipinski definition) is 0. The Bertz CT molecular complexity index is 616. The van der Waals surface area contributed by atoms with Crippen molar-refractivity contribution >= 4 is 56.2 Å². The van der Waals surface area contributed by atoms with Gasteiger partial charge in [-0.1, -0.05) is 43.9 Å². The molecule has 0 spiro atoms. The van der Waals surface area contributed by atoms with Gasteiger partial charge in [-0.2, -0.15) is 0 Å². The Kier molecular flexibility index (Phi) is 6.47. The number of thiocarbonyl (C=S) groups is 1. The van der Waals surface area contributed by atoms with E-state index in [2.05, 4.69) is 22.9 Å². The number of carbonyl (C=O) groups excluding carboxylic acids is 1. The molecule has 0 unspecified atom stereocenters. The molecule has 2 rings (SSSR count). The van der Waals surface area contributed by atoms with Crippen molar-refractivity contribution < 1.29 is 9.53 Å². The van der Waals surface area contributed by atoms with E-state index in [9.17, 15) is 4.79 Å². The van der Waals surface area contributed by atoms with Crippen LogP contribution in [0.4, 0.5) is 0 Å². The zero-order valence-corrected chi connectivity index (χ0v) is 15.8. The molecular weight excluding hydrogens is 382 g/mol. The summed E-state index contributed by atoms with van der Waals surface area (Å²) in [7, 11) is 0. The number of halogens is 1. The topological polar surface area (TPSA) is 29.5 Å². The second-order valence-corrected chi connectivity index (χ2v) is 7.40. The standard InChI is InChI=1S/C16H18BrNO2S2/c1-3-7-18-15(19)14(22-16(18)21)10-11-5-6-13(12(17)9-11)20-8-4-2/h5-6,9-10H,3-4,7-8H2,1-2H3/b14-10+. The lowest BCUT2D eigenvalue weighted by Gasteiger charge is -2.12. The maximum Gasteiger partial charge on any atom is 0.266 e. The average molecular weight is 400 g/mol. The Labute approximate surface area is 149 Å². The van der Waals surface area contributed by atoms with Gasteiger partial charge in [0.2, 0.25) is 0 Å². The minimum atomic E-state index is -0.000665. The van der Waals surface area contributed by atoms with Gasteiger partial charge in [0.1, 0.15) is 10.1 Å². The molecule has 0 saturated carbocycles. The fourth-order valence-corrected chi connectivity index (χ4v) is 3.82. The summed E-state index contributed by atoms with van der Waals surface area (Å²) >= 11 is 10.1. The number of amides is 1. The summed E-state index contributed by atoms with van der Waals surface area (Å²) in [4.78, 5) is 14.7. The van der Waals surface area contributed by atoms with E-state index in [1.807, 2.05) is 31.2 Å². The highest BCUT2D eigenvalue weighted by Gasteiger charge is 2.31. The first-order valence-corrected chi connectivity index (χ1v) is 9.26. The molecule has 1 aliphatic rings. The van der Waals surface area contributed by atoms with Crippen molar-refractivity contribution in [2.45, 2.75) is 26.7 Å². The van der Waals surface area contributed by atoms with Crippen LogP contribution in [0.25, 0.3) is 6.08 Å². The lowest BCUT2D eigenvalue weighted by atomic mass is 10.2. The van der Waals surface area contributed by atoms with Crippen LogP contribution in [0.1, 0.15) is 32.3 Å². The van der Waals surface area contributed by atoms with E-state index >= 15 is 0 Å². The van der Waals surface area contributed by atoms with Crippen LogP contribution in [-0.4, -0.2) is 28.3 Å². The summed E-state index contributed by atoms with van der Waals surface area (Å²) in [5.41, 5.74) is 0.952. The van der Waals surface area contributed by atoms with Crippen LogP contribution in [0.2, 0.25) is 0 Å². The smallest absolute Gasteiger partial charge is 0.266 e. The number of ether oxygens (including phenoxy) is 1. The molecular formula is C16H18BrNO2S2. The summed E-state index contributed by atoms with van der Waals surface area (Å²) in [6.07, 6.45) is 3.74. The van der Waals surface area contributed by atoms with Crippen molar-refractivity contribution in [3.8, 4) is 5.75 Å². The molecule has 1 fully saturated rings. The van der Waals surface area contributed by atoms with E-state index in [-0.39, 0.29) is 5.91 Å². The van der Waals surface area contributed by atoms with Crippen LogP contribution in [-0.2, 0) is 4.79 Å². The maximum absolute atomic E-state index is 12.3. The first-order valence-electron chi connectivity index (χ1n) is 7.24. The normalized spacial score (nSPS) is 16.7. The van der Waals surface area contributed by atoms with Gasteiger partial charge < -0.3 is 4.74 Å². The fourth-order valence-electron chi connectivity index (χ4n) is 2.00. The molecule has 0 radical (unpaired) electrons. The van der Waals surface area contributed by atoms with Gasteiger partial charge in [0.25, 0.3) is 5.91 Å². The quantitative estimate of drug-likeness (QED) is 0.505. The minimum Gasteiger partial charge on any atom is -0.492 e. The van der Waals surface area contributed by atoms with Crippen molar-refractivity contribution in [3.05, 3.63) is 33.1 Å². The number of rotatable bonds is 6. The first kappa shape index (κ1) is 17.5. The molecule has 1 amide bonds. The van der Waals surface area contributed by atoms with Crippen LogP contribution >= 0.6 is 39.9 Å². The van der Waals surface area contributed by atoms with E-state index < -0.39 is 0 Å². The Morgan fingerprint density at radius 1 is 1.36 bits per heavy atom. The number of nitrogens with zero attached hydrogens (tertiary/aromatic N) is 1. The molecule has 0 bridgehead atoms. The lowest BCUT2D eigenvalue weighted by Crippen LogP contribution is -2.28. The zero-order chi connectivity index (χ0) is 16.1. The summed E-state index contributed by atoms with van der Waals surface area (Å²) < 4.78 is 7.16. The molecule has 0 N–H and O–H groups in total. The van der Waals surface area contributed by atoms with Crippen LogP contribution in [0, 0.1) is 0 Å². The molecule has 1 heterocycles. The van der Waals surface area contributed by atoms with Gasteiger partial charge in [0.15, 0.2) is 0 Å². The molecule has 1 aromatic carbocycles. The van der Waals surface area contributed by atoms with Crippen LogP contribution in [0.3, 0.4) is 0 Å². The Hall–Kier alpha value is -0.850. The van der Waals surface area contributed by atoms with Crippen molar-refractivity contribution in [2.24, 2.45) is 0 Å². The number of carbonyl (C=O) groups is 1. The third-order valence-electron chi connectivity index (χ3n) is 3.04. The Balaban J connectivity index is 2.18. The molecule has 3 nitrogen and oxygen atoms in total. The molecule has 118 valence electrons. The van der Waals surface area contributed by atoms with Crippen molar-refractivity contribution in [1.82, 2.24) is 4.90 Å². The highest BCUT2D eigenvalue weighted by Crippen LogP contribution is 2.34.